The zero-order valence-corrected chi connectivity index (χ0v) is 21.0. The zero-order valence-electron chi connectivity index (χ0n) is 21.0. The lowest BCUT2D eigenvalue weighted by Crippen LogP contribution is -2.67. The Morgan fingerprint density at radius 3 is 2.00 bits per heavy atom. The Labute approximate surface area is 215 Å². The standard InChI is InChI=1S/C29H28N2O6/c1-4-5-16-37-19-12-10-18(11-13-19)25-26(31-27(32)21-8-6-7-9-22(21)28(31)33)29(34)30(25)23-15-14-20(35-2)17-24(23)36-3/h6-15,17,25-26H,4-5,16H2,1-3H3/t25-,26-/m0/s1. The van der Waals surface area contributed by atoms with E-state index in [9.17, 15) is 14.4 Å². The van der Waals surface area contributed by atoms with Gasteiger partial charge in [0.25, 0.3) is 17.7 Å². The molecule has 0 unspecified atom stereocenters. The Balaban J connectivity index is 1.54. The van der Waals surface area contributed by atoms with Crippen LogP contribution >= 0.6 is 0 Å². The molecule has 1 saturated heterocycles. The maximum absolute atomic E-state index is 13.7. The van der Waals surface area contributed by atoms with E-state index in [1.54, 1.807) is 54.5 Å². The largest absolute Gasteiger partial charge is 0.497 e. The molecule has 1 fully saturated rings. The Bertz CT molecular complexity index is 1320. The number of unbranched alkanes of at least 4 members (excludes halogenated alkanes) is 1. The summed E-state index contributed by atoms with van der Waals surface area (Å²) < 4.78 is 16.7. The second kappa shape index (κ2) is 9.97. The van der Waals surface area contributed by atoms with Gasteiger partial charge < -0.3 is 14.2 Å². The first-order chi connectivity index (χ1) is 18.0. The number of imide groups is 1. The molecule has 8 nitrogen and oxygen atoms in total. The molecule has 0 aliphatic carbocycles. The molecule has 190 valence electrons. The highest BCUT2D eigenvalue weighted by molar-refractivity contribution is 6.24. The smallest absolute Gasteiger partial charge is 0.262 e. The van der Waals surface area contributed by atoms with Gasteiger partial charge in [0.1, 0.15) is 23.3 Å². The number of methoxy groups -OCH3 is 2. The Kier molecular flexibility index (Phi) is 6.56. The molecule has 0 spiro atoms. The third-order valence-electron chi connectivity index (χ3n) is 6.81. The average molecular weight is 501 g/mol. The molecule has 0 aromatic heterocycles. The third-order valence-corrected chi connectivity index (χ3v) is 6.81. The van der Waals surface area contributed by atoms with Crippen LogP contribution in [0.3, 0.4) is 0 Å². The van der Waals surface area contributed by atoms with E-state index in [1.165, 1.54) is 7.11 Å². The number of benzene rings is 3. The van der Waals surface area contributed by atoms with Gasteiger partial charge in [0.15, 0.2) is 0 Å². The molecule has 8 heteroatoms. The van der Waals surface area contributed by atoms with Gasteiger partial charge in [-0.05, 0) is 48.4 Å². The quantitative estimate of drug-likeness (QED) is 0.242. The van der Waals surface area contributed by atoms with Crippen LogP contribution in [-0.2, 0) is 4.79 Å². The number of fused-ring (bicyclic) bond motifs is 1. The molecule has 5 rings (SSSR count). The molecule has 0 N–H and O–H groups in total. The fourth-order valence-electron chi connectivity index (χ4n) is 4.87. The second-order valence-corrected chi connectivity index (χ2v) is 8.93. The molecule has 0 saturated carbocycles. The van der Waals surface area contributed by atoms with E-state index in [2.05, 4.69) is 6.92 Å². The number of hydrogen-bond donors (Lipinski definition) is 0. The van der Waals surface area contributed by atoms with Gasteiger partial charge in [0.05, 0.1) is 43.7 Å². The molecule has 3 aromatic rings. The van der Waals surface area contributed by atoms with Crippen LogP contribution in [0.2, 0.25) is 0 Å². The van der Waals surface area contributed by atoms with Crippen molar-refractivity contribution in [3.8, 4) is 17.2 Å². The molecule has 0 bridgehead atoms. The van der Waals surface area contributed by atoms with Gasteiger partial charge in [0, 0.05) is 6.07 Å². The van der Waals surface area contributed by atoms with Crippen LogP contribution in [-0.4, -0.2) is 49.5 Å². The van der Waals surface area contributed by atoms with Crippen molar-refractivity contribution in [3.63, 3.8) is 0 Å². The molecule has 0 radical (unpaired) electrons. The summed E-state index contributed by atoms with van der Waals surface area (Å²) in [5, 5.41) is 0. The summed E-state index contributed by atoms with van der Waals surface area (Å²) in [4.78, 5) is 42.9. The third kappa shape index (κ3) is 4.08. The molecule has 3 amide bonds. The highest BCUT2D eigenvalue weighted by atomic mass is 16.5. The van der Waals surface area contributed by atoms with E-state index in [1.807, 2.05) is 24.3 Å². The minimum Gasteiger partial charge on any atom is -0.497 e. The number of amides is 3. The molecule has 2 heterocycles. The maximum Gasteiger partial charge on any atom is 0.262 e. The van der Waals surface area contributed by atoms with E-state index < -0.39 is 23.9 Å². The number of carbonyl (C=O) groups is 3. The number of β-lactam (4-membered cyclic amide) rings is 1. The number of rotatable bonds is 9. The second-order valence-electron chi connectivity index (χ2n) is 8.93. The van der Waals surface area contributed by atoms with E-state index >= 15 is 0 Å². The number of hydrogen-bond acceptors (Lipinski definition) is 6. The van der Waals surface area contributed by atoms with Crippen LogP contribution in [0.25, 0.3) is 0 Å². The highest BCUT2D eigenvalue weighted by Crippen LogP contribution is 2.47. The van der Waals surface area contributed by atoms with Crippen molar-refractivity contribution in [1.29, 1.82) is 0 Å². The van der Waals surface area contributed by atoms with Gasteiger partial charge in [-0.1, -0.05) is 37.6 Å². The number of nitrogens with zero attached hydrogens (tertiary/aromatic N) is 2. The molecule has 2 atom stereocenters. The first kappa shape index (κ1) is 24.4. The van der Waals surface area contributed by atoms with Crippen LogP contribution in [0.4, 0.5) is 5.69 Å². The minimum atomic E-state index is -0.994. The summed E-state index contributed by atoms with van der Waals surface area (Å²) in [7, 11) is 3.07. The van der Waals surface area contributed by atoms with Crippen LogP contribution in [0.15, 0.2) is 66.7 Å². The van der Waals surface area contributed by atoms with Gasteiger partial charge in [0.2, 0.25) is 0 Å². The SMILES string of the molecule is CCCCOc1ccc([C@H]2[C@H](N3C(=O)c4ccccc4C3=O)C(=O)N2c2ccc(OC)cc2OC)cc1. The van der Waals surface area contributed by atoms with Crippen molar-refractivity contribution >= 4 is 23.4 Å². The normalized spacial score (nSPS) is 18.5. The van der Waals surface area contributed by atoms with Crippen LogP contribution in [0.1, 0.15) is 52.1 Å². The average Bonchev–Trinajstić information content (AvgIpc) is 3.17. The summed E-state index contributed by atoms with van der Waals surface area (Å²) in [6, 6.07) is 17.6. The molecule has 2 aliphatic heterocycles. The predicted octanol–water partition coefficient (Wildman–Crippen LogP) is 4.64. The van der Waals surface area contributed by atoms with Crippen molar-refractivity contribution < 1.29 is 28.6 Å². The highest BCUT2D eigenvalue weighted by Gasteiger charge is 2.57. The summed E-state index contributed by atoms with van der Waals surface area (Å²) in [6.07, 6.45) is 1.98. The summed E-state index contributed by atoms with van der Waals surface area (Å²) in [6.45, 7) is 2.71. The van der Waals surface area contributed by atoms with E-state index in [0.717, 1.165) is 23.3 Å². The van der Waals surface area contributed by atoms with Crippen molar-refractivity contribution in [1.82, 2.24) is 4.90 Å². The van der Waals surface area contributed by atoms with Crippen LogP contribution in [0, 0.1) is 0 Å². The number of anilines is 1. The monoisotopic (exact) mass is 500 g/mol. The van der Waals surface area contributed by atoms with E-state index in [0.29, 0.717) is 40.7 Å². The molecular weight excluding hydrogens is 472 g/mol. The van der Waals surface area contributed by atoms with Crippen molar-refractivity contribution in [2.75, 3.05) is 25.7 Å². The van der Waals surface area contributed by atoms with Gasteiger partial charge >= 0.3 is 0 Å². The first-order valence-corrected chi connectivity index (χ1v) is 12.2. The first-order valence-electron chi connectivity index (χ1n) is 12.2. The van der Waals surface area contributed by atoms with Crippen molar-refractivity contribution in [3.05, 3.63) is 83.4 Å². The lowest BCUT2D eigenvalue weighted by Gasteiger charge is -2.50. The Morgan fingerprint density at radius 1 is 0.757 bits per heavy atom. The summed E-state index contributed by atoms with van der Waals surface area (Å²) >= 11 is 0. The minimum absolute atomic E-state index is 0.305. The molecule has 3 aromatic carbocycles. The van der Waals surface area contributed by atoms with E-state index in [4.69, 9.17) is 14.2 Å². The number of carbonyl (C=O) groups excluding carboxylic acids is 3. The molecule has 37 heavy (non-hydrogen) atoms. The van der Waals surface area contributed by atoms with Crippen molar-refractivity contribution in [2.45, 2.75) is 31.8 Å². The van der Waals surface area contributed by atoms with Gasteiger partial charge in [-0.2, -0.15) is 0 Å². The zero-order chi connectivity index (χ0) is 26.1. The molecule has 2 aliphatic rings. The topological polar surface area (TPSA) is 85.4 Å². The lowest BCUT2D eigenvalue weighted by atomic mass is 9.86. The molecular formula is C29H28N2O6. The lowest BCUT2D eigenvalue weighted by molar-refractivity contribution is -0.130. The summed E-state index contributed by atoms with van der Waals surface area (Å²) in [5.74, 6) is 0.434. The van der Waals surface area contributed by atoms with Crippen LogP contribution < -0.4 is 19.1 Å². The Morgan fingerprint density at radius 2 is 1.41 bits per heavy atom. The van der Waals surface area contributed by atoms with Gasteiger partial charge in [-0.3, -0.25) is 24.2 Å². The predicted molar refractivity (Wildman–Crippen MR) is 137 cm³/mol. The van der Waals surface area contributed by atoms with Gasteiger partial charge in [-0.15, -0.1) is 0 Å². The van der Waals surface area contributed by atoms with Crippen LogP contribution in [0.5, 0.6) is 17.2 Å². The van der Waals surface area contributed by atoms with E-state index in [-0.39, 0.29) is 5.91 Å². The Hall–Kier alpha value is -4.33. The fourth-order valence-corrected chi connectivity index (χ4v) is 4.87. The fraction of sp³-hybridized carbons (Fsp3) is 0.276. The number of ether oxygens (including phenoxy) is 3. The van der Waals surface area contributed by atoms with Gasteiger partial charge in [-0.25, -0.2) is 0 Å². The van der Waals surface area contributed by atoms with Crippen molar-refractivity contribution in [2.24, 2.45) is 0 Å². The maximum atomic E-state index is 13.7. The summed E-state index contributed by atoms with van der Waals surface area (Å²) in [5.41, 5.74) is 1.90.